The smallest absolute Gasteiger partial charge is 0.153 e. The van der Waals surface area contributed by atoms with E-state index in [4.69, 9.17) is 4.84 Å². The average molecular weight is 477 g/mol. The third kappa shape index (κ3) is 4.13. The monoisotopic (exact) mass is 476 g/mol. The number of hydroxylamine groups is 2. The molecule has 0 aromatic heterocycles. The summed E-state index contributed by atoms with van der Waals surface area (Å²) < 4.78 is 0. The van der Waals surface area contributed by atoms with E-state index in [9.17, 15) is 4.79 Å². The summed E-state index contributed by atoms with van der Waals surface area (Å²) in [6.45, 7) is 7.15. The van der Waals surface area contributed by atoms with Gasteiger partial charge in [0.2, 0.25) is 0 Å². The second-order valence-electron chi connectivity index (χ2n) is 9.14. The molecule has 0 radical (unpaired) electrons. The van der Waals surface area contributed by atoms with Gasteiger partial charge in [0, 0.05) is 12.1 Å². The van der Waals surface area contributed by atoms with E-state index in [0.29, 0.717) is 0 Å². The molecule has 182 valence electrons. The van der Waals surface area contributed by atoms with Gasteiger partial charge >= 0.3 is 0 Å². The first-order valence-corrected chi connectivity index (χ1v) is 12.7. The van der Waals surface area contributed by atoms with Crippen LogP contribution in [0.25, 0.3) is 0 Å². The van der Waals surface area contributed by atoms with Crippen molar-refractivity contribution in [3.8, 4) is 5.75 Å². The molecule has 4 aromatic rings. The Morgan fingerprint density at radius 2 is 1.28 bits per heavy atom. The van der Waals surface area contributed by atoms with Crippen molar-refractivity contribution >= 4 is 6.29 Å². The van der Waals surface area contributed by atoms with Crippen LogP contribution in [0.5, 0.6) is 5.75 Å². The van der Waals surface area contributed by atoms with Crippen molar-refractivity contribution in [2.75, 3.05) is 13.1 Å². The van der Waals surface area contributed by atoms with Crippen LogP contribution in [0.2, 0.25) is 0 Å². The fourth-order valence-electron chi connectivity index (χ4n) is 5.32. The van der Waals surface area contributed by atoms with Gasteiger partial charge in [-0.3, -0.25) is 4.90 Å². The Kier molecular flexibility index (Phi) is 6.99. The van der Waals surface area contributed by atoms with Gasteiger partial charge in [0.1, 0.15) is 17.9 Å². The molecule has 0 saturated carbocycles. The van der Waals surface area contributed by atoms with Gasteiger partial charge in [0.05, 0.1) is 0 Å². The molecule has 0 amide bonds. The third-order valence-corrected chi connectivity index (χ3v) is 7.18. The number of hydrogen-bond acceptors (Lipinski definition) is 4. The van der Waals surface area contributed by atoms with Crippen LogP contribution >= 0.6 is 0 Å². The summed E-state index contributed by atoms with van der Waals surface area (Å²) in [6.07, 6.45) is 0.999. The minimum Gasteiger partial charge on any atom is -0.403 e. The topological polar surface area (TPSA) is 32.8 Å². The Bertz CT molecular complexity index is 1190. The average Bonchev–Trinajstić information content (AvgIpc) is 3.32. The number of carbonyl (C=O) groups excluding carboxylic acids is 1. The molecule has 36 heavy (non-hydrogen) atoms. The van der Waals surface area contributed by atoms with Gasteiger partial charge in [-0.1, -0.05) is 117 Å². The van der Waals surface area contributed by atoms with E-state index in [1.165, 1.54) is 5.56 Å². The van der Waals surface area contributed by atoms with E-state index in [0.717, 1.165) is 53.9 Å². The van der Waals surface area contributed by atoms with Crippen LogP contribution in [0.4, 0.5) is 0 Å². The van der Waals surface area contributed by atoms with E-state index in [1.807, 2.05) is 59.7 Å². The summed E-state index contributed by atoms with van der Waals surface area (Å²) >= 11 is 0. The predicted molar refractivity (Wildman–Crippen MR) is 144 cm³/mol. The van der Waals surface area contributed by atoms with E-state index < -0.39 is 11.6 Å². The molecule has 1 aliphatic rings. The fourth-order valence-corrected chi connectivity index (χ4v) is 5.32. The molecular formula is C32H32N2O2. The van der Waals surface area contributed by atoms with Crippen molar-refractivity contribution in [1.82, 2.24) is 9.96 Å². The molecule has 1 heterocycles. The number of benzene rings is 4. The maximum Gasteiger partial charge on any atom is 0.153 e. The number of aldehydes is 1. The van der Waals surface area contributed by atoms with E-state index in [1.54, 1.807) is 0 Å². The molecule has 4 nitrogen and oxygen atoms in total. The second-order valence-corrected chi connectivity index (χ2v) is 9.14. The molecule has 0 bridgehead atoms. The number of fused-ring (bicyclic) bond motifs is 1. The molecule has 4 heteroatoms. The van der Waals surface area contributed by atoms with E-state index in [-0.39, 0.29) is 0 Å². The summed E-state index contributed by atoms with van der Waals surface area (Å²) in [6, 6.07) is 36.6. The van der Waals surface area contributed by atoms with Crippen LogP contribution in [0.3, 0.4) is 0 Å². The van der Waals surface area contributed by atoms with Gasteiger partial charge in [-0.15, -0.1) is 5.06 Å². The van der Waals surface area contributed by atoms with Crippen molar-refractivity contribution in [1.29, 1.82) is 0 Å². The molecule has 1 atom stereocenters. The first-order chi connectivity index (χ1) is 17.7. The normalized spacial score (nSPS) is 15.5. The van der Waals surface area contributed by atoms with Crippen molar-refractivity contribution < 1.29 is 9.63 Å². The van der Waals surface area contributed by atoms with E-state index in [2.05, 4.69) is 73.3 Å². The summed E-state index contributed by atoms with van der Waals surface area (Å²) in [5.41, 5.74) is 4.32. The Hall–Kier alpha value is -3.73. The van der Waals surface area contributed by atoms with Gasteiger partial charge in [-0.25, -0.2) is 0 Å². The molecular weight excluding hydrogens is 444 g/mol. The summed E-state index contributed by atoms with van der Waals surface area (Å²) in [4.78, 5) is 21.8. The minimum absolute atomic E-state index is 0.567. The highest BCUT2D eigenvalue weighted by Gasteiger charge is 2.51. The zero-order chi connectivity index (χ0) is 25.0. The lowest BCUT2D eigenvalue weighted by atomic mass is 9.76. The van der Waals surface area contributed by atoms with Crippen molar-refractivity contribution in [2.45, 2.75) is 32.0 Å². The number of rotatable bonds is 9. The van der Waals surface area contributed by atoms with Gasteiger partial charge in [-0.05, 0) is 41.4 Å². The van der Waals surface area contributed by atoms with Crippen LogP contribution in [0, 0.1) is 0 Å². The molecule has 0 N–H and O–H groups in total. The molecule has 1 aliphatic heterocycles. The summed E-state index contributed by atoms with van der Waals surface area (Å²) in [5, 5.41) is 1.89. The Balaban J connectivity index is 1.71. The maximum atomic E-state index is 12.7. The van der Waals surface area contributed by atoms with Gasteiger partial charge in [-0.2, -0.15) is 0 Å². The molecule has 0 spiro atoms. The van der Waals surface area contributed by atoms with Crippen molar-refractivity contribution in [3.63, 3.8) is 0 Å². The Morgan fingerprint density at radius 1 is 0.778 bits per heavy atom. The summed E-state index contributed by atoms with van der Waals surface area (Å²) in [7, 11) is 0. The van der Waals surface area contributed by atoms with E-state index >= 15 is 0 Å². The standard InChI is InChI=1S/C32H32N2O2/c1-3-33(4-2)23-25-20-21-29-30(24-35)34(36-31(29)22-25)32(26-14-8-5-9-15-26,27-16-10-6-11-17-27)28-18-12-7-13-19-28/h5-22,24,30H,3-4,23H2,1-2H3. The van der Waals surface area contributed by atoms with Gasteiger partial charge in [0.25, 0.3) is 0 Å². The molecule has 5 rings (SSSR count). The van der Waals surface area contributed by atoms with Gasteiger partial charge < -0.3 is 9.63 Å². The van der Waals surface area contributed by atoms with Crippen LogP contribution in [0.15, 0.2) is 109 Å². The van der Waals surface area contributed by atoms with Crippen LogP contribution in [-0.2, 0) is 16.9 Å². The first kappa shape index (κ1) is 24.0. The maximum absolute atomic E-state index is 12.7. The number of hydrogen-bond donors (Lipinski definition) is 0. The fraction of sp³-hybridized carbons (Fsp3) is 0.219. The molecule has 1 unspecified atom stereocenters. The van der Waals surface area contributed by atoms with Crippen LogP contribution in [0.1, 0.15) is 47.7 Å². The molecule has 0 saturated heterocycles. The largest absolute Gasteiger partial charge is 0.403 e. The van der Waals surface area contributed by atoms with Crippen molar-refractivity contribution in [3.05, 3.63) is 137 Å². The number of nitrogens with zero attached hydrogens (tertiary/aromatic N) is 2. The predicted octanol–water partition coefficient (Wildman–Crippen LogP) is 6.37. The minimum atomic E-state index is -0.840. The molecule has 4 aromatic carbocycles. The number of carbonyl (C=O) groups is 1. The first-order valence-electron chi connectivity index (χ1n) is 12.7. The van der Waals surface area contributed by atoms with Gasteiger partial charge in [0.15, 0.2) is 5.75 Å². The Morgan fingerprint density at radius 3 is 1.72 bits per heavy atom. The zero-order valence-electron chi connectivity index (χ0n) is 20.9. The Labute approximate surface area is 213 Å². The molecule has 0 aliphatic carbocycles. The highest BCUT2D eigenvalue weighted by molar-refractivity contribution is 5.67. The van der Waals surface area contributed by atoms with Crippen molar-refractivity contribution in [2.24, 2.45) is 0 Å². The quantitative estimate of drug-likeness (QED) is 0.208. The lowest BCUT2D eigenvalue weighted by molar-refractivity contribution is -0.145. The second kappa shape index (κ2) is 10.5. The third-order valence-electron chi connectivity index (χ3n) is 7.18. The SMILES string of the molecule is CCN(CC)Cc1ccc2c(c1)ON(C(c1ccccc1)(c1ccccc1)c1ccccc1)C2C=O. The van der Waals surface area contributed by atoms with Crippen LogP contribution in [-0.4, -0.2) is 29.3 Å². The lowest BCUT2D eigenvalue weighted by Gasteiger charge is -2.43. The highest BCUT2D eigenvalue weighted by Crippen LogP contribution is 2.50. The van der Waals surface area contributed by atoms with Crippen LogP contribution < -0.4 is 4.84 Å². The molecule has 0 fully saturated rings. The summed E-state index contributed by atoms with van der Waals surface area (Å²) in [5.74, 6) is 0.740. The lowest BCUT2D eigenvalue weighted by Crippen LogP contribution is -2.49. The zero-order valence-corrected chi connectivity index (χ0v) is 20.9. The highest BCUT2D eigenvalue weighted by atomic mass is 16.7.